The number of hydrogen-bond acceptors (Lipinski definition) is 5. The molecular weight excluding hydrogens is 461 g/mol. The molecule has 1 amide bonds. The van der Waals surface area contributed by atoms with Gasteiger partial charge in [0.1, 0.15) is 18.1 Å². The van der Waals surface area contributed by atoms with Crippen LogP contribution in [0.2, 0.25) is 10.0 Å². The maximum atomic E-state index is 12.2. The van der Waals surface area contributed by atoms with Crippen molar-refractivity contribution < 1.29 is 17.5 Å². The number of hydrazone groups is 1. The van der Waals surface area contributed by atoms with Crippen LogP contribution in [-0.4, -0.2) is 30.4 Å². The van der Waals surface area contributed by atoms with E-state index >= 15 is 0 Å². The van der Waals surface area contributed by atoms with Gasteiger partial charge < -0.3 is 15.2 Å². The van der Waals surface area contributed by atoms with Crippen molar-refractivity contribution in [2.75, 3.05) is 13.2 Å². The zero-order valence-corrected chi connectivity index (χ0v) is 19.9. The van der Waals surface area contributed by atoms with Crippen molar-refractivity contribution in [2.45, 2.75) is 20.4 Å². The number of carbonyl (C=O) groups is 1. The van der Waals surface area contributed by atoms with Crippen LogP contribution in [0, 0.1) is 13.8 Å². The number of phenols is 1. The molecule has 0 saturated carbocycles. The van der Waals surface area contributed by atoms with Gasteiger partial charge in [-0.25, -0.2) is 5.43 Å². The Balaban J connectivity index is 0.00000306. The van der Waals surface area contributed by atoms with Gasteiger partial charge >= 0.3 is 0 Å². The third-order valence-corrected chi connectivity index (χ3v) is 5.39. The lowest BCUT2D eigenvalue weighted by Crippen LogP contribution is -2.21. The maximum absolute atomic E-state index is 12.2. The molecule has 8 heteroatoms. The molecule has 0 fully saturated rings. The van der Waals surface area contributed by atoms with E-state index in [1.807, 2.05) is 50.2 Å². The fourth-order valence-corrected chi connectivity index (χ4v) is 3.53. The molecule has 0 saturated heterocycles. The van der Waals surface area contributed by atoms with Gasteiger partial charge in [0.2, 0.25) is 0 Å². The van der Waals surface area contributed by atoms with Gasteiger partial charge in [0.25, 0.3) is 5.91 Å². The van der Waals surface area contributed by atoms with Crippen LogP contribution in [0.3, 0.4) is 0 Å². The summed E-state index contributed by atoms with van der Waals surface area (Å²) in [5.41, 5.74) is 6.71. The Kier molecular flexibility index (Phi) is 8.72. The molecule has 0 aliphatic heterocycles. The summed E-state index contributed by atoms with van der Waals surface area (Å²) in [6, 6.07) is 15.8. The van der Waals surface area contributed by atoms with Crippen LogP contribution in [0.25, 0.3) is 0 Å². The summed E-state index contributed by atoms with van der Waals surface area (Å²) in [4.78, 5) is 12.2. The SMILES string of the molecule is Cc1cc(/C=N/NC(=O)c2ccc(O)c(Cl)c2)cc(C)c1OCCNCc1ccc(Cl)cc1.[HH].[HH]. The second-order valence-corrected chi connectivity index (χ2v) is 8.34. The highest BCUT2D eigenvalue weighted by Crippen LogP contribution is 2.25. The lowest BCUT2D eigenvalue weighted by Gasteiger charge is -2.13. The first kappa shape index (κ1) is 24.6. The van der Waals surface area contributed by atoms with Crippen molar-refractivity contribution in [3.05, 3.63) is 92.5 Å². The van der Waals surface area contributed by atoms with Crippen molar-refractivity contribution in [3.63, 3.8) is 0 Å². The summed E-state index contributed by atoms with van der Waals surface area (Å²) in [6.07, 6.45) is 1.57. The van der Waals surface area contributed by atoms with Gasteiger partial charge in [-0.05, 0) is 78.6 Å². The summed E-state index contributed by atoms with van der Waals surface area (Å²) in [5, 5.41) is 17.6. The summed E-state index contributed by atoms with van der Waals surface area (Å²) < 4.78 is 5.97. The quantitative estimate of drug-likeness (QED) is 0.203. The monoisotopic (exact) mass is 489 g/mol. The number of aryl methyl sites for hydroxylation is 2. The molecule has 33 heavy (non-hydrogen) atoms. The van der Waals surface area contributed by atoms with Gasteiger partial charge in [0, 0.05) is 26.5 Å². The van der Waals surface area contributed by atoms with E-state index in [4.69, 9.17) is 27.9 Å². The Hall–Kier alpha value is -3.06. The van der Waals surface area contributed by atoms with Crippen LogP contribution in [0.1, 0.15) is 35.5 Å². The van der Waals surface area contributed by atoms with E-state index in [2.05, 4.69) is 15.8 Å². The van der Waals surface area contributed by atoms with Gasteiger partial charge in [0.15, 0.2) is 0 Å². The van der Waals surface area contributed by atoms with Crippen molar-refractivity contribution in [3.8, 4) is 11.5 Å². The van der Waals surface area contributed by atoms with Crippen molar-refractivity contribution in [2.24, 2.45) is 5.10 Å². The minimum Gasteiger partial charge on any atom is -0.506 e. The van der Waals surface area contributed by atoms with E-state index in [1.165, 1.54) is 18.2 Å². The average molecular weight is 490 g/mol. The highest BCUT2D eigenvalue weighted by Gasteiger charge is 2.08. The van der Waals surface area contributed by atoms with Crippen molar-refractivity contribution in [1.29, 1.82) is 0 Å². The molecule has 6 nitrogen and oxygen atoms in total. The van der Waals surface area contributed by atoms with Crippen LogP contribution >= 0.6 is 23.2 Å². The number of nitrogens with one attached hydrogen (secondary N) is 2. The molecule has 3 aromatic carbocycles. The molecule has 0 radical (unpaired) electrons. The highest BCUT2D eigenvalue weighted by atomic mass is 35.5. The second kappa shape index (κ2) is 11.7. The Morgan fingerprint density at radius 1 is 1.09 bits per heavy atom. The summed E-state index contributed by atoms with van der Waals surface area (Å²) in [7, 11) is 0. The van der Waals surface area contributed by atoms with Gasteiger partial charge in [-0.3, -0.25) is 4.79 Å². The second-order valence-electron chi connectivity index (χ2n) is 7.50. The number of hydrogen-bond donors (Lipinski definition) is 3. The average Bonchev–Trinajstić information content (AvgIpc) is 2.78. The van der Waals surface area contributed by atoms with E-state index in [0.29, 0.717) is 18.7 Å². The van der Waals surface area contributed by atoms with Crippen LogP contribution in [0.4, 0.5) is 0 Å². The topological polar surface area (TPSA) is 83.0 Å². The predicted octanol–water partition coefficient (Wildman–Crippen LogP) is 5.74. The number of amides is 1. The van der Waals surface area contributed by atoms with Gasteiger partial charge in [0.05, 0.1) is 11.2 Å². The number of rotatable bonds is 9. The van der Waals surface area contributed by atoms with Crippen molar-refractivity contribution in [1.82, 2.24) is 10.7 Å². The molecule has 3 N–H and O–H groups in total. The Bertz CT molecular complexity index is 1140. The molecule has 0 spiro atoms. The van der Waals surface area contributed by atoms with E-state index in [-0.39, 0.29) is 13.6 Å². The minimum absolute atomic E-state index is 0. The third kappa shape index (κ3) is 7.22. The largest absolute Gasteiger partial charge is 0.506 e. The number of ether oxygens (including phenoxy) is 1. The normalized spacial score (nSPS) is 11.0. The molecule has 176 valence electrons. The van der Waals surface area contributed by atoms with Crippen molar-refractivity contribution >= 4 is 35.3 Å². The lowest BCUT2D eigenvalue weighted by molar-refractivity contribution is 0.0955. The van der Waals surface area contributed by atoms with E-state index in [9.17, 15) is 9.90 Å². The molecule has 0 bridgehead atoms. The molecule has 0 heterocycles. The zero-order chi connectivity index (χ0) is 23.8. The van der Waals surface area contributed by atoms with Gasteiger partial charge in [-0.2, -0.15) is 5.10 Å². The van der Waals surface area contributed by atoms with Crippen LogP contribution in [0.5, 0.6) is 11.5 Å². The Morgan fingerprint density at radius 3 is 2.45 bits per heavy atom. The first-order valence-electron chi connectivity index (χ1n) is 10.3. The maximum Gasteiger partial charge on any atom is 0.271 e. The van der Waals surface area contributed by atoms with Crippen LogP contribution < -0.4 is 15.5 Å². The fraction of sp³-hybridized carbons (Fsp3) is 0.200. The Labute approximate surface area is 206 Å². The molecule has 0 aliphatic rings. The van der Waals surface area contributed by atoms with E-state index < -0.39 is 5.91 Å². The summed E-state index contributed by atoms with van der Waals surface area (Å²) in [5.74, 6) is 0.332. The first-order chi connectivity index (χ1) is 15.8. The lowest BCUT2D eigenvalue weighted by atomic mass is 10.1. The standard InChI is InChI=1S/C25H25Cl2N3O3.2H2/c1-16-11-19(15-29-30-25(32)20-5-8-23(31)22(27)13-20)12-17(2)24(16)33-10-9-28-14-18-3-6-21(26)7-4-18;;/h3-8,11-13,15,28,31H,9-10,14H2,1-2H3,(H,30,32);2*1H/b29-15+;;. The molecule has 0 aromatic heterocycles. The number of halogens is 2. The predicted molar refractivity (Wildman–Crippen MR) is 137 cm³/mol. The summed E-state index contributed by atoms with van der Waals surface area (Å²) >= 11 is 11.7. The van der Waals surface area contributed by atoms with Crippen LogP contribution in [-0.2, 0) is 6.54 Å². The summed E-state index contributed by atoms with van der Waals surface area (Å²) in [6.45, 7) is 5.93. The zero-order valence-electron chi connectivity index (χ0n) is 18.4. The Morgan fingerprint density at radius 2 is 1.79 bits per heavy atom. The number of carbonyl (C=O) groups excluding carboxylic acids is 1. The molecule has 3 aromatic rings. The molecule has 0 unspecified atom stereocenters. The first-order valence-corrected chi connectivity index (χ1v) is 11.1. The molecule has 0 atom stereocenters. The number of nitrogens with zero attached hydrogens (tertiary/aromatic N) is 1. The number of benzene rings is 3. The molecule has 3 rings (SSSR count). The van der Waals surface area contributed by atoms with Gasteiger partial charge in [-0.1, -0.05) is 35.3 Å². The molecular formula is C25H29Cl2N3O3. The molecule has 0 aliphatic carbocycles. The third-order valence-electron chi connectivity index (χ3n) is 4.84. The number of aromatic hydroxyl groups is 1. The number of phenolic OH excluding ortho intramolecular Hbond substituents is 1. The minimum atomic E-state index is -0.423. The smallest absolute Gasteiger partial charge is 0.271 e. The van der Waals surface area contributed by atoms with E-state index in [1.54, 1.807) is 6.21 Å². The highest BCUT2D eigenvalue weighted by molar-refractivity contribution is 6.32. The fourth-order valence-electron chi connectivity index (χ4n) is 3.22. The van der Waals surface area contributed by atoms with E-state index in [0.717, 1.165) is 39.6 Å². The van der Waals surface area contributed by atoms with Gasteiger partial charge in [-0.15, -0.1) is 0 Å². The van der Waals surface area contributed by atoms with Crippen LogP contribution in [0.15, 0.2) is 59.7 Å².